The molecule has 2 rings (SSSR count). The molecule has 0 atom stereocenters. The van der Waals surface area contributed by atoms with Gasteiger partial charge in [0.25, 0.3) is 0 Å². The maximum absolute atomic E-state index is 13.9. The highest BCUT2D eigenvalue weighted by molar-refractivity contribution is 7.89. The lowest BCUT2D eigenvalue weighted by atomic mass is 10.0. The van der Waals surface area contributed by atoms with Crippen molar-refractivity contribution in [3.63, 3.8) is 0 Å². The highest BCUT2D eigenvalue weighted by atomic mass is 32.2. The molecule has 122 valence electrons. The molecule has 5 nitrogen and oxygen atoms in total. The van der Waals surface area contributed by atoms with Crippen molar-refractivity contribution in [2.24, 2.45) is 0 Å². The largest absolute Gasteiger partial charge is 0.478 e. The van der Waals surface area contributed by atoms with E-state index >= 15 is 0 Å². The molecule has 0 aliphatic heterocycles. The van der Waals surface area contributed by atoms with Crippen LogP contribution in [0, 0.1) is 5.82 Å². The number of hydrogen-bond donors (Lipinski definition) is 2. The molecule has 2 aromatic carbocycles. The third-order valence-corrected chi connectivity index (χ3v) is 4.68. The van der Waals surface area contributed by atoms with Gasteiger partial charge in [0.05, 0.1) is 10.5 Å². The Bertz CT molecular complexity index is 847. The van der Waals surface area contributed by atoms with Crippen LogP contribution in [0.4, 0.5) is 4.39 Å². The molecule has 0 saturated heterocycles. The van der Waals surface area contributed by atoms with Crippen LogP contribution in [-0.4, -0.2) is 25.5 Å². The molecule has 0 aliphatic carbocycles. The van der Waals surface area contributed by atoms with E-state index in [2.05, 4.69) is 4.72 Å². The third kappa shape index (κ3) is 3.94. The number of halogens is 1. The third-order valence-electron chi connectivity index (χ3n) is 3.04. The van der Waals surface area contributed by atoms with Crippen LogP contribution in [0.3, 0.4) is 0 Å². The van der Waals surface area contributed by atoms with Crippen molar-refractivity contribution >= 4 is 16.0 Å². The molecule has 0 aromatic heterocycles. The molecule has 0 fully saturated rings. The molecular formula is C16H16FNO4S. The van der Waals surface area contributed by atoms with E-state index in [1.54, 1.807) is 19.9 Å². The van der Waals surface area contributed by atoms with Crippen molar-refractivity contribution in [1.82, 2.24) is 4.72 Å². The van der Waals surface area contributed by atoms with Gasteiger partial charge < -0.3 is 5.11 Å². The first-order chi connectivity index (χ1) is 10.7. The van der Waals surface area contributed by atoms with E-state index in [0.29, 0.717) is 0 Å². The Labute approximate surface area is 133 Å². The zero-order valence-electron chi connectivity index (χ0n) is 12.6. The number of carbonyl (C=O) groups is 1. The van der Waals surface area contributed by atoms with Gasteiger partial charge in [-0.3, -0.25) is 0 Å². The van der Waals surface area contributed by atoms with Gasteiger partial charge >= 0.3 is 5.97 Å². The van der Waals surface area contributed by atoms with Crippen LogP contribution in [0.5, 0.6) is 0 Å². The van der Waals surface area contributed by atoms with E-state index in [0.717, 1.165) is 6.07 Å². The first-order valence-electron chi connectivity index (χ1n) is 6.86. The molecule has 2 aromatic rings. The van der Waals surface area contributed by atoms with Crippen molar-refractivity contribution in [3.8, 4) is 11.1 Å². The van der Waals surface area contributed by atoms with Gasteiger partial charge in [0.2, 0.25) is 10.0 Å². The lowest BCUT2D eigenvalue weighted by molar-refractivity contribution is 0.0696. The fraction of sp³-hybridized carbons (Fsp3) is 0.188. The van der Waals surface area contributed by atoms with E-state index in [4.69, 9.17) is 0 Å². The average Bonchev–Trinajstić information content (AvgIpc) is 2.46. The summed E-state index contributed by atoms with van der Waals surface area (Å²) in [6, 6.07) is 8.98. The molecule has 0 radical (unpaired) electrons. The van der Waals surface area contributed by atoms with Crippen LogP contribution < -0.4 is 4.72 Å². The summed E-state index contributed by atoms with van der Waals surface area (Å²) in [7, 11) is -3.89. The second kappa shape index (κ2) is 6.47. The highest BCUT2D eigenvalue weighted by Gasteiger charge is 2.20. The number of carboxylic acid groups (broad SMARTS) is 1. The Morgan fingerprint density at radius 2 is 1.83 bits per heavy atom. The van der Waals surface area contributed by atoms with Gasteiger partial charge in [0, 0.05) is 11.6 Å². The van der Waals surface area contributed by atoms with E-state index in [1.165, 1.54) is 30.3 Å². The van der Waals surface area contributed by atoms with Crippen LogP contribution in [0.2, 0.25) is 0 Å². The second-order valence-electron chi connectivity index (χ2n) is 5.31. The molecule has 23 heavy (non-hydrogen) atoms. The van der Waals surface area contributed by atoms with Gasteiger partial charge in [-0.1, -0.05) is 18.2 Å². The van der Waals surface area contributed by atoms with Crippen molar-refractivity contribution in [1.29, 1.82) is 0 Å². The predicted molar refractivity (Wildman–Crippen MR) is 84.3 cm³/mol. The van der Waals surface area contributed by atoms with Gasteiger partial charge in [-0.05, 0) is 43.7 Å². The number of nitrogens with one attached hydrogen (secondary N) is 1. The molecule has 0 unspecified atom stereocenters. The van der Waals surface area contributed by atoms with E-state index in [9.17, 15) is 22.7 Å². The number of hydrogen-bond acceptors (Lipinski definition) is 3. The first-order valence-corrected chi connectivity index (χ1v) is 8.34. The van der Waals surface area contributed by atoms with Gasteiger partial charge in [-0.2, -0.15) is 0 Å². The Kier molecular flexibility index (Phi) is 4.82. The van der Waals surface area contributed by atoms with Crippen LogP contribution in [-0.2, 0) is 10.0 Å². The topological polar surface area (TPSA) is 83.5 Å². The number of benzene rings is 2. The average molecular weight is 337 g/mol. The van der Waals surface area contributed by atoms with Crippen LogP contribution in [0.15, 0.2) is 47.4 Å². The maximum Gasteiger partial charge on any atom is 0.335 e. The van der Waals surface area contributed by atoms with E-state index in [-0.39, 0.29) is 27.6 Å². The normalized spacial score (nSPS) is 11.7. The quantitative estimate of drug-likeness (QED) is 0.879. The SMILES string of the molecule is CC(C)NS(=O)(=O)c1cc(C(=O)O)cc(-c2ccccc2F)c1. The minimum absolute atomic E-state index is 0.136. The van der Waals surface area contributed by atoms with Gasteiger partial charge in [-0.25, -0.2) is 22.3 Å². The molecule has 7 heteroatoms. The fourth-order valence-corrected chi connectivity index (χ4v) is 3.43. The van der Waals surface area contributed by atoms with Crippen LogP contribution in [0.25, 0.3) is 11.1 Å². The molecule has 0 amide bonds. The van der Waals surface area contributed by atoms with Crippen molar-refractivity contribution in [3.05, 3.63) is 53.8 Å². The summed E-state index contributed by atoms with van der Waals surface area (Å²) in [6.07, 6.45) is 0. The Morgan fingerprint density at radius 3 is 2.39 bits per heavy atom. The highest BCUT2D eigenvalue weighted by Crippen LogP contribution is 2.27. The Morgan fingerprint density at radius 1 is 1.17 bits per heavy atom. The lowest BCUT2D eigenvalue weighted by Crippen LogP contribution is -2.30. The number of carboxylic acids is 1. The van der Waals surface area contributed by atoms with Crippen molar-refractivity contribution in [2.75, 3.05) is 0 Å². The zero-order valence-corrected chi connectivity index (χ0v) is 13.4. The number of aromatic carboxylic acids is 1. The standard InChI is InChI=1S/C16H16FNO4S/c1-10(2)18-23(21,22)13-8-11(7-12(9-13)16(19)20)14-5-3-4-6-15(14)17/h3-10,18H,1-2H3,(H,19,20). The maximum atomic E-state index is 13.9. The van der Waals surface area contributed by atoms with Gasteiger partial charge in [0.15, 0.2) is 0 Å². The van der Waals surface area contributed by atoms with E-state index < -0.39 is 21.8 Å². The zero-order chi connectivity index (χ0) is 17.2. The first kappa shape index (κ1) is 17.1. The smallest absolute Gasteiger partial charge is 0.335 e. The monoisotopic (exact) mass is 337 g/mol. The second-order valence-corrected chi connectivity index (χ2v) is 7.02. The molecular weight excluding hydrogens is 321 g/mol. The van der Waals surface area contributed by atoms with Gasteiger partial charge in [0.1, 0.15) is 5.82 Å². The van der Waals surface area contributed by atoms with E-state index in [1.807, 2.05) is 0 Å². The minimum Gasteiger partial charge on any atom is -0.478 e. The fourth-order valence-electron chi connectivity index (χ4n) is 2.11. The molecule has 0 saturated carbocycles. The van der Waals surface area contributed by atoms with Crippen LogP contribution in [0.1, 0.15) is 24.2 Å². The Hall–Kier alpha value is -2.25. The summed E-state index contributed by atoms with van der Waals surface area (Å²) in [6.45, 7) is 3.30. The summed E-state index contributed by atoms with van der Waals surface area (Å²) in [5.74, 6) is -1.85. The number of sulfonamides is 1. The lowest BCUT2D eigenvalue weighted by Gasteiger charge is -2.12. The molecule has 0 spiro atoms. The summed E-state index contributed by atoms with van der Waals surface area (Å²) in [4.78, 5) is 11.0. The Balaban J connectivity index is 2.67. The molecule has 0 heterocycles. The molecule has 0 aliphatic rings. The number of rotatable bonds is 5. The van der Waals surface area contributed by atoms with Crippen molar-refractivity contribution < 1.29 is 22.7 Å². The van der Waals surface area contributed by atoms with Crippen LogP contribution >= 0.6 is 0 Å². The van der Waals surface area contributed by atoms with Gasteiger partial charge in [-0.15, -0.1) is 0 Å². The summed E-state index contributed by atoms with van der Waals surface area (Å²) in [5.41, 5.74) is 0.0959. The summed E-state index contributed by atoms with van der Waals surface area (Å²) < 4.78 is 40.9. The minimum atomic E-state index is -3.89. The summed E-state index contributed by atoms with van der Waals surface area (Å²) in [5, 5.41) is 9.19. The predicted octanol–water partition coefficient (Wildman–Crippen LogP) is 2.88. The van der Waals surface area contributed by atoms with Crippen molar-refractivity contribution in [2.45, 2.75) is 24.8 Å². The summed E-state index contributed by atoms with van der Waals surface area (Å²) >= 11 is 0. The molecule has 0 bridgehead atoms. The molecule has 2 N–H and O–H groups in total.